The van der Waals surface area contributed by atoms with E-state index in [0.29, 0.717) is 11.3 Å². The highest BCUT2D eigenvalue weighted by molar-refractivity contribution is 9.10. The van der Waals surface area contributed by atoms with Gasteiger partial charge in [-0.15, -0.1) is 5.10 Å². The first-order valence-electron chi connectivity index (χ1n) is 6.02. The monoisotopic (exact) mass is 327 g/mol. The first kappa shape index (κ1) is 12.7. The van der Waals surface area contributed by atoms with E-state index in [9.17, 15) is 4.79 Å². The van der Waals surface area contributed by atoms with Gasteiger partial charge in [0.15, 0.2) is 5.69 Å². The van der Waals surface area contributed by atoms with E-state index >= 15 is 0 Å². The number of aromatic nitrogens is 3. The summed E-state index contributed by atoms with van der Waals surface area (Å²) in [6.07, 6.45) is 1.48. The molecule has 0 N–H and O–H groups in total. The number of carbonyl (C=O) groups excluding carboxylic acids is 1. The summed E-state index contributed by atoms with van der Waals surface area (Å²) in [6.45, 7) is 0. The van der Waals surface area contributed by atoms with Crippen LogP contribution in [0.2, 0.25) is 0 Å². The number of rotatable bonds is 3. The molecule has 2 aromatic carbocycles. The maximum absolute atomic E-state index is 12.2. The Bertz CT molecular complexity index is 753. The van der Waals surface area contributed by atoms with Crippen LogP contribution in [0.5, 0.6) is 0 Å². The van der Waals surface area contributed by atoms with Crippen molar-refractivity contribution in [3.8, 4) is 5.69 Å². The quantitative estimate of drug-likeness (QED) is 0.694. The summed E-state index contributed by atoms with van der Waals surface area (Å²) in [6, 6.07) is 16.6. The molecule has 0 radical (unpaired) electrons. The molecule has 0 spiro atoms. The Morgan fingerprint density at radius 3 is 2.60 bits per heavy atom. The van der Waals surface area contributed by atoms with Gasteiger partial charge in [0.25, 0.3) is 0 Å². The highest BCUT2D eigenvalue weighted by Crippen LogP contribution is 2.14. The van der Waals surface area contributed by atoms with Gasteiger partial charge in [-0.1, -0.05) is 52.3 Å². The molecule has 0 fully saturated rings. The second-order valence-electron chi connectivity index (χ2n) is 4.19. The molecule has 0 aliphatic rings. The highest BCUT2D eigenvalue weighted by Gasteiger charge is 2.13. The lowest BCUT2D eigenvalue weighted by atomic mass is 10.1. The van der Waals surface area contributed by atoms with Crippen molar-refractivity contribution >= 4 is 21.7 Å². The van der Waals surface area contributed by atoms with Crippen LogP contribution in [-0.2, 0) is 0 Å². The lowest BCUT2D eigenvalue weighted by Crippen LogP contribution is -2.04. The summed E-state index contributed by atoms with van der Waals surface area (Å²) in [5.41, 5.74) is 1.73. The van der Waals surface area contributed by atoms with E-state index in [1.165, 1.54) is 11.0 Å². The molecule has 1 aromatic heterocycles. The Balaban J connectivity index is 1.93. The largest absolute Gasteiger partial charge is 0.287 e. The van der Waals surface area contributed by atoms with Crippen LogP contribution in [0.3, 0.4) is 0 Å². The number of carbonyl (C=O) groups is 1. The predicted molar refractivity (Wildman–Crippen MR) is 78.9 cm³/mol. The van der Waals surface area contributed by atoms with E-state index in [4.69, 9.17) is 0 Å². The van der Waals surface area contributed by atoms with Crippen LogP contribution >= 0.6 is 15.9 Å². The van der Waals surface area contributed by atoms with E-state index in [1.54, 1.807) is 12.1 Å². The predicted octanol–water partition coefficient (Wildman–Crippen LogP) is 3.26. The van der Waals surface area contributed by atoms with Crippen molar-refractivity contribution in [3.05, 3.63) is 76.5 Å². The van der Waals surface area contributed by atoms with Gasteiger partial charge in [-0.05, 0) is 18.2 Å². The fourth-order valence-corrected chi connectivity index (χ4v) is 2.22. The van der Waals surface area contributed by atoms with Gasteiger partial charge in [0.05, 0.1) is 11.9 Å². The molecule has 98 valence electrons. The smallest absolute Gasteiger partial charge is 0.214 e. The van der Waals surface area contributed by atoms with Crippen LogP contribution < -0.4 is 0 Å². The lowest BCUT2D eigenvalue weighted by Gasteiger charge is -1.99. The number of benzene rings is 2. The summed E-state index contributed by atoms with van der Waals surface area (Å²) in [7, 11) is 0. The molecule has 0 aliphatic heterocycles. The molecule has 3 rings (SSSR count). The third-order valence-corrected chi connectivity index (χ3v) is 3.29. The zero-order valence-electron chi connectivity index (χ0n) is 10.4. The topological polar surface area (TPSA) is 47.8 Å². The molecule has 0 unspecified atom stereocenters. The summed E-state index contributed by atoms with van der Waals surface area (Å²) >= 11 is 3.40. The zero-order chi connectivity index (χ0) is 13.9. The summed E-state index contributed by atoms with van der Waals surface area (Å²) in [5, 5.41) is 8.37. The zero-order valence-corrected chi connectivity index (χ0v) is 12.0. The second kappa shape index (κ2) is 5.38. The minimum absolute atomic E-state index is 0.133. The van der Waals surface area contributed by atoms with Gasteiger partial charge < -0.3 is 0 Å². The number of hydrogen-bond donors (Lipinski definition) is 0. The van der Waals surface area contributed by atoms with Crippen LogP contribution in [0.1, 0.15) is 16.1 Å². The van der Waals surface area contributed by atoms with Gasteiger partial charge in [0.1, 0.15) is 0 Å². The second-order valence-corrected chi connectivity index (χ2v) is 5.11. The number of halogens is 1. The Morgan fingerprint density at radius 2 is 1.85 bits per heavy atom. The normalized spacial score (nSPS) is 10.4. The fraction of sp³-hybridized carbons (Fsp3) is 0. The molecule has 0 aliphatic carbocycles. The van der Waals surface area contributed by atoms with Crippen molar-refractivity contribution < 1.29 is 4.79 Å². The van der Waals surface area contributed by atoms with Crippen molar-refractivity contribution in [2.45, 2.75) is 0 Å². The van der Waals surface area contributed by atoms with E-state index in [1.807, 2.05) is 42.5 Å². The van der Waals surface area contributed by atoms with Gasteiger partial charge in [0, 0.05) is 10.0 Å². The molecule has 4 nitrogen and oxygen atoms in total. The standard InChI is InChI=1S/C15H10BrN3O/c16-12-7-4-8-13(9-12)19-17-10-14(18-19)15(20)11-5-2-1-3-6-11/h1-10H. The maximum atomic E-state index is 12.2. The lowest BCUT2D eigenvalue weighted by molar-refractivity contribution is 0.103. The molecule has 5 heteroatoms. The average molecular weight is 328 g/mol. The molecule has 1 heterocycles. The van der Waals surface area contributed by atoms with Gasteiger partial charge >= 0.3 is 0 Å². The third kappa shape index (κ3) is 2.53. The molecule has 0 saturated carbocycles. The van der Waals surface area contributed by atoms with Crippen LogP contribution in [0.15, 0.2) is 65.3 Å². The summed E-state index contributed by atoms with van der Waals surface area (Å²) < 4.78 is 0.934. The third-order valence-electron chi connectivity index (χ3n) is 2.80. The van der Waals surface area contributed by atoms with Crippen molar-refractivity contribution in [1.29, 1.82) is 0 Å². The Morgan fingerprint density at radius 1 is 1.05 bits per heavy atom. The minimum atomic E-state index is -0.133. The van der Waals surface area contributed by atoms with Gasteiger partial charge in [0.2, 0.25) is 5.78 Å². The van der Waals surface area contributed by atoms with Crippen molar-refractivity contribution in [3.63, 3.8) is 0 Å². The Hall–Kier alpha value is -2.27. The van der Waals surface area contributed by atoms with E-state index in [-0.39, 0.29) is 5.78 Å². The first-order chi connectivity index (χ1) is 9.74. The van der Waals surface area contributed by atoms with Crippen LogP contribution in [0, 0.1) is 0 Å². The maximum Gasteiger partial charge on any atom is 0.214 e. The van der Waals surface area contributed by atoms with Crippen molar-refractivity contribution in [2.24, 2.45) is 0 Å². The van der Waals surface area contributed by atoms with E-state index in [2.05, 4.69) is 26.1 Å². The van der Waals surface area contributed by atoms with E-state index in [0.717, 1.165) is 10.2 Å². The molecular weight excluding hydrogens is 318 g/mol. The highest BCUT2D eigenvalue weighted by atomic mass is 79.9. The SMILES string of the molecule is O=C(c1ccccc1)c1cnn(-c2cccc(Br)c2)n1. The van der Waals surface area contributed by atoms with Crippen LogP contribution in [0.25, 0.3) is 5.69 Å². The minimum Gasteiger partial charge on any atom is -0.287 e. The molecule has 0 saturated heterocycles. The van der Waals surface area contributed by atoms with Gasteiger partial charge in [-0.25, -0.2) is 0 Å². The Labute approximate surface area is 124 Å². The molecule has 0 bridgehead atoms. The summed E-state index contributed by atoms with van der Waals surface area (Å²) in [4.78, 5) is 13.7. The fourth-order valence-electron chi connectivity index (χ4n) is 1.83. The molecule has 20 heavy (non-hydrogen) atoms. The summed E-state index contributed by atoms with van der Waals surface area (Å²) in [5.74, 6) is -0.133. The van der Waals surface area contributed by atoms with Gasteiger partial charge in [-0.3, -0.25) is 4.79 Å². The number of ketones is 1. The van der Waals surface area contributed by atoms with Crippen LogP contribution in [-0.4, -0.2) is 20.8 Å². The van der Waals surface area contributed by atoms with E-state index < -0.39 is 0 Å². The first-order valence-corrected chi connectivity index (χ1v) is 6.81. The van der Waals surface area contributed by atoms with Crippen molar-refractivity contribution in [1.82, 2.24) is 15.0 Å². The molecular formula is C15H10BrN3O. The molecule has 0 atom stereocenters. The van der Waals surface area contributed by atoms with Crippen LogP contribution in [0.4, 0.5) is 0 Å². The molecule has 0 amide bonds. The van der Waals surface area contributed by atoms with Gasteiger partial charge in [-0.2, -0.15) is 9.90 Å². The van der Waals surface area contributed by atoms with Crippen molar-refractivity contribution in [2.75, 3.05) is 0 Å². The number of nitrogens with zero attached hydrogens (tertiary/aromatic N) is 3. The Kier molecular flexibility index (Phi) is 3.43. The molecule has 3 aromatic rings. The average Bonchev–Trinajstić information content (AvgIpc) is 2.97. The number of hydrogen-bond acceptors (Lipinski definition) is 3.